The Morgan fingerprint density at radius 3 is 2.68 bits per heavy atom. The number of nitrogens with one attached hydrogen (secondary N) is 1. The molecule has 2 N–H and O–H groups in total. The molecule has 6 nitrogen and oxygen atoms in total. The van der Waals surface area contributed by atoms with Crippen LogP contribution in [0.1, 0.15) is 51.4 Å². The van der Waals surface area contributed by atoms with Crippen LogP contribution in [-0.2, 0) is 19.1 Å². The van der Waals surface area contributed by atoms with Crippen LogP contribution in [0.25, 0.3) is 0 Å². The Hall–Kier alpha value is -1.14. The van der Waals surface area contributed by atoms with E-state index in [-0.39, 0.29) is 24.5 Å². The van der Waals surface area contributed by atoms with Crippen LogP contribution in [0.3, 0.4) is 0 Å². The first-order valence-corrected chi connectivity index (χ1v) is 8.38. The number of carboxylic acid groups (broad SMARTS) is 1. The van der Waals surface area contributed by atoms with Crippen LogP contribution in [0.5, 0.6) is 0 Å². The molecule has 0 unspecified atom stereocenters. The monoisotopic (exact) mass is 313 g/mol. The first kappa shape index (κ1) is 17.2. The van der Waals surface area contributed by atoms with E-state index in [0.29, 0.717) is 19.6 Å². The average Bonchev–Trinajstić information content (AvgIpc) is 2.89. The molecule has 22 heavy (non-hydrogen) atoms. The van der Waals surface area contributed by atoms with E-state index < -0.39 is 11.9 Å². The molecule has 0 bridgehead atoms. The first-order valence-electron chi connectivity index (χ1n) is 8.38. The Kier molecular flexibility index (Phi) is 7.12. The SMILES string of the molecule is O=C(CCOC[C@@H]1CCCO1)N[C@H]1CCCCC[C@H]1C(=O)O. The number of rotatable bonds is 7. The maximum absolute atomic E-state index is 12.0. The molecule has 3 atom stereocenters. The van der Waals surface area contributed by atoms with Crippen LogP contribution < -0.4 is 5.32 Å². The Balaban J connectivity index is 1.66. The van der Waals surface area contributed by atoms with Gasteiger partial charge in [0.05, 0.1) is 25.2 Å². The Morgan fingerprint density at radius 2 is 1.95 bits per heavy atom. The van der Waals surface area contributed by atoms with E-state index in [4.69, 9.17) is 9.47 Å². The third-order valence-corrected chi connectivity index (χ3v) is 4.48. The molecular weight excluding hydrogens is 286 g/mol. The van der Waals surface area contributed by atoms with Crippen molar-refractivity contribution >= 4 is 11.9 Å². The lowest BCUT2D eigenvalue weighted by molar-refractivity contribution is -0.143. The largest absolute Gasteiger partial charge is 0.481 e. The molecule has 126 valence electrons. The fourth-order valence-corrected chi connectivity index (χ4v) is 3.21. The van der Waals surface area contributed by atoms with Gasteiger partial charge in [-0.3, -0.25) is 9.59 Å². The molecule has 1 amide bonds. The normalized spacial score (nSPS) is 29.0. The van der Waals surface area contributed by atoms with Gasteiger partial charge in [-0.1, -0.05) is 19.3 Å². The van der Waals surface area contributed by atoms with Crippen molar-refractivity contribution in [3.05, 3.63) is 0 Å². The minimum absolute atomic E-state index is 0.120. The van der Waals surface area contributed by atoms with Crippen molar-refractivity contribution in [2.75, 3.05) is 19.8 Å². The molecule has 1 saturated carbocycles. The molecular formula is C16H27NO5. The second-order valence-corrected chi connectivity index (χ2v) is 6.22. The van der Waals surface area contributed by atoms with Crippen molar-refractivity contribution in [1.29, 1.82) is 0 Å². The molecule has 0 radical (unpaired) electrons. The zero-order valence-corrected chi connectivity index (χ0v) is 13.1. The molecule has 1 heterocycles. The summed E-state index contributed by atoms with van der Waals surface area (Å²) in [5.74, 6) is -1.38. The number of hydrogen-bond acceptors (Lipinski definition) is 4. The summed E-state index contributed by atoms with van der Waals surface area (Å²) in [6, 6.07) is -0.245. The van der Waals surface area contributed by atoms with Gasteiger partial charge in [0.1, 0.15) is 0 Å². The van der Waals surface area contributed by atoms with Gasteiger partial charge in [0.25, 0.3) is 0 Å². The third-order valence-electron chi connectivity index (χ3n) is 4.48. The number of ether oxygens (including phenoxy) is 2. The van der Waals surface area contributed by atoms with E-state index >= 15 is 0 Å². The first-order chi connectivity index (χ1) is 10.7. The second kappa shape index (κ2) is 9.10. The summed E-state index contributed by atoms with van der Waals surface area (Å²) in [6.07, 6.45) is 6.88. The van der Waals surface area contributed by atoms with E-state index in [0.717, 1.165) is 45.1 Å². The smallest absolute Gasteiger partial charge is 0.308 e. The highest BCUT2D eigenvalue weighted by Crippen LogP contribution is 2.24. The Labute approximate surface area is 131 Å². The van der Waals surface area contributed by atoms with E-state index in [9.17, 15) is 14.7 Å². The van der Waals surface area contributed by atoms with Crippen LogP contribution in [-0.4, -0.2) is 48.9 Å². The number of hydrogen-bond donors (Lipinski definition) is 2. The zero-order valence-electron chi connectivity index (χ0n) is 13.1. The van der Waals surface area contributed by atoms with Crippen molar-refractivity contribution in [1.82, 2.24) is 5.32 Å². The average molecular weight is 313 g/mol. The van der Waals surface area contributed by atoms with Gasteiger partial charge in [0.15, 0.2) is 0 Å². The fourth-order valence-electron chi connectivity index (χ4n) is 3.21. The lowest BCUT2D eigenvalue weighted by Crippen LogP contribution is -2.43. The van der Waals surface area contributed by atoms with Gasteiger partial charge in [-0.2, -0.15) is 0 Å². The fraction of sp³-hybridized carbons (Fsp3) is 0.875. The summed E-state index contributed by atoms with van der Waals surface area (Å²) >= 11 is 0. The molecule has 1 aliphatic heterocycles. The van der Waals surface area contributed by atoms with Crippen LogP contribution in [0.2, 0.25) is 0 Å². The minimum atomic E-state index is -0.804. The summed E-state index contributed by atoms with van der Waals surface area (Å²) in [7, 11) is 0. The molecule has 2 rings (SSSR count). The molecule has 0 spiro atoms. The predicted molar refractivity (Wildman–Crippen MR) is 80.6 cm³/mol. The topological polar surface area (TPSA) is 84.9 Å². The van der Waals surface area contributed by atoms with Crippen molar-refractivity contribution in [3.63, 3.8) is 0 Å². The lowest BCUT2D eigenvalue weighted by atomic mass is 9.95. The third kappa shape index (κ3) is 5.57. The van der Waals surface area contributed by atoms with E-state index in [1.165, 1.54) is 0 Å². The molecule has 1 aliphatic carbocycles. The van der Waals surface area contributed by atoms with Gasteiger partial charge in [-0.25, -0.2) is 0 Å². The van der Waals surface area contributed by atoms with E-state index in [1.807, 2.05) is 0 Å². The number of carbonyl (C=O) groups is 2. The molecule has 6 heteroatoms. The summed E-state index contributed by atoms with van der Waals surface area (Å²) in [5.41, 5.74) is 0. The number of aliphatic carboxylic acids is 1. The highest BCUT2D eigenvalue weighted by Gasteiger charge is 2.30. The number of carbonyl (C=O) groups excluding carboxylic acids is 1. The van der Waals surface area contributed by atoms with E-state index in [1.54, 1.807) is 0 Å². The van der Waals surface area contributed by atoms with Crippen LogP contribution in [0, 0.1) is 5.92 Å². The van der Waals surface area contributed by atoms with Gasteiger partial charge in [0.2, 0.25) is 5.91 Å². The van der Waals surface area contributed by atoms with Gasteiger partial charge < -0.3 is 19.9 Å². The van der Waals surface area contributed by atoms with Gasteiger partial charge in [-0.15, -0.1) is 0 Å². The quantitative estimate of drug-likeness (QED) is 0.552. The lowest BCUT2D eigenvalue weighted by Gasteiger charge is -2.23. The maximum Gasteiger partial charge on any atom is 0.308 e. The van der Waals surface area contributed by atoms with Crippen molar-refractivity contribution in [3.8, 4) is 0 Å². The highest BCUT2D eigenvalue weighted by atomic mass is 16.5. The summed E-state index contributed by atoms with van der Waals surface area (Å²) in [6.45, 7) is 1.69. The van der Waals surface area contributed by atoms with Crippen molar-refractivity contribution in [2.24, 2.45) is 5.92 Å². The van der Waals surface area contributed by atoms with E-state index in [2.05, 4.69) is 5.32 Å². The molecule has 1 saturated heterocycles. The Morgan fingerprint density at radius 1 is 1.14 bits per heavy atom. The molecule has 0 aromatic rings. The molecule has 0 aromatic heterocycles. The molecule has 2 fully saturated rings. The second-order valence-electron chi connectivity index (χ2n) is 6.22. The maximum atomic E-state index is 12.0. The van der Waals surface area contributed by atoms with Crippen LogP contribution >= 0.6 is 0 Å². The number of carboxylic acids is 1. The summed E-state index contributed by atoms with van der Waals surface area (Å²) < 4.78 is 10.9. The van der Waals surface area contributed by atoms with Crippen LogP contribution in [0.15, 0.2) is 0 Å². The van der Waals surface area contributed by atoms with Crippen LogP contribution in [0.4, 0.5) is 0 Å². The highest BCUT2D eigenvalue weighted by molar-refractivity contribution is 5.78. The van der Waals surface area contributed by atoms with Crippen molar-refractivity contribution < 1.29 is 24.2 Å². The minimum Gasteiger partial charge on any atom is -0.481 e. The molecule has 0 aromatic carbocycles. The van der Waals surface area contributed by atoms with Gasteiger partial charge in [-0.05, 0) is 25.7 Å². The summed E-state index contributed by atoms with van der Waals surface area (Å²) in [4.78, 5) is 23.3. The Bertz CT molecular complexity index is 368. The zero-order chi connectivity index (χ0) is 15.8. The molecule has 2 aliphatic rings. The number of amides is 1. The standard InChI is InChI=1S/C16H27NO5/c18-15(8-10-21-11-12-5-4-9-22-12)17-14-7-3-1-2-6-13(14)16(19)20/h12-14H,1-11H2,(H,17,18)(H,19,20)/t12-,13+,14-/m0/s1. The summed E-state index contributed by atoms with van der Waals surface area (Å²) in [5, 5.41) is 12.2. The van der Waals surface area contributed by atoms with Gasteiger partial charge >= 0.3 is 5.97 Å². The predicted octanol–water partition coefficient (Wildman–Crippen LogP) is 1.72. The van der Waals surface area contributed by atoms with Gasteiger partial charge in [0, 0.05) is 19.1 Å². The van der Waals surface area contributed by atoms with Crippen molar-refractivity contribution in [2.45, 2.75) is 63.5 Å².